The molecule has 1 N–H and O–H groups in total. The molecule has 1 aliphatic rings. The van der Waals surface area contributed by atoms with Crippen LogP contribution < -0.4 is 5.32 Å². The minimum Gasteiger partial charge on any atom is -0.313 e. The molecule has 1 aliphatic carbocycles. The number of nitrogens with zero attached hydrogens (tertiary/aromatic N) is 1. The molecule has 0 aliphatic heterocycles. The number of hydrogen-bond acceptors (Lipinski definition) is 1. The van der Waals surface area contributed by atoms with Crippen molar-refractivity contribution in [1.82, 2.24) is 4.90 Å². The number of amides is 2. The van der Waals surface area contributed by atoms with Gasteiger partial charge in [0.2, 0.25) is 0 Å². The number of carbonyl (C=O) groups excluding carboxylic acids is 1. The number of urea groups is 1. The fourth-order valence-electron chi connectivity index (χ4n) is 1.87. The zero-order chi connectivity index (χ0) is 13.0. The van der Waals surface area contributed by atoms with E-state index in [0.717, 1.165) is 17.8 Å². The predicted molar refractivity (Wildman–Crippen MR) is 73.3 cm³/mol. The molecule has 1 aromatic carbocycles. The summed E-state index contributed by atoms with van der Waals surface area (Å²) in [6.07, 6.45) is 7.72. The summed E-state index contributed by atoms with van der Waals surface area (Å²) < 4.78 is 0. The van der Waals surface area contributed by atoms with Crippen LogP contribution >= 0.6 is 0 Å². The van der Waals surface area contributed by atoms with E-state index in [9.17, 15) is 4.79 Å². The molecule has 1 aromatic rings. The summed E-state index contributed by atoms with van der Waals surface area (Å²) in [4.78, 5) is 13.8. The maximum Gasteiger partial charge on any atom is 0.322 e. The van der Waals surface area contributed by atoms with E-state index < -0.39 is 0 Å². The van der Waals surface area contributed by atoms with Crippen molar-refractivity contribution in [3.63, 3.8) is 0 Å². The van der Waals surface area contributed by atoms with Gasteiger partial charge >= 0.3 is 6.03 Å². The van der Waals surface area contributed by atoms with E-state index in [0.29, 0.717) is 12.5 Å². The molecular weight excluding hydrogens is 224 g/mol. The number of nitrogens with one attached hydrogen (secondary N) is 1. The van der Waals surface area contributed by atoms with Gasteiger partial charge in [0.15, 0.2) is 0 Å². The molecule has 3 heteroatoms. The highest BCUT2D eigenvalue weighted by molar-refractivity contribution is 5.89. The second kappa shape index (κ2) is 5.59. The Balaban J connectivity index is 1.97. The van der Waals surface area contributed by atoms with Crippen LogP contribution in [0.25, 0.3) is 0 Å². The highest BCUT2D eigenvalue weighted by Crippen LogP contribution is 2.29. The Morgan fingerprint density at radius 2 is 2.33 bits per heavy atom. The van der Waals surface area contributed by atoms with Gasteiger partial charge in [-0.1, -0.05) is 18.1 Å². The Bertz CT molecular complexity index is 472. The van der Waals surface area contributed by atoms with Crippen LogP contribution in [0.4, 0.5) is 10.5 Å². The molecule has 2 amide bonds. The van der Waals surface area contributed by atoms with Gasteiger partial charge in [-0.15, -0.1) is 6.42 Å². The first-order valence-electron chi connectivity index (χ1n) is 6.25. The lowest BCUT2D eigenvalue weighted by Gasteiger charge is -2.20. The summed E-state index contributed by atoms with van der Waals surface area (Å²) in [5, 5.41) is 2.89. The Morgan fingerprint density at radius 3 is 2.94 bits per heavy atom. The van der Waals surface area contributed by atoms with Gasteiger partial charge in [-0.3, -0.25) is 0 Å². The molecule has 0 aromatic heterocycles. The average Bonchev–Trinajstić information content (AvgIpc) is 3.12. The zero-order valence-corrected chi connectivity index (χ0v) is 10.6. The van der Waals surface area contributed by atoms with Crippen molar-refractivity contribution in [1.29, 1.82) is 0 Å². The minimum atomic E-state index is -0.106. The van der Waals surface area contributed by atoms with Crippen LogP contribution in [0.2, 0.25) is 0 Å². The van der Waals surface area contributed by atoms with Crippen LogP contribution in [-0.2, 0) is 0 Å². The largest absolute Gasteiger partial charge is 0.322 e. The number of anilines is 1. The summed E-state index contributed by atoms with van der Waals surface area (Å²) >= 11 is 0. The fraction of sp³-hybridized carbons (Fsp3) is 0.400. The first kappa shape index (κ1) is 12.5. The van der Waals surface area contributed by atoms with Gasteiger partial charge < -0.3 is 10.2 Å². The lowest BCUT2D eigenvalue weighted by Crippen LogP contribution is -2.36. The maximum absolute atomic E-state index is 12.1. The first-order valence-corrected chi connectivity index (χ1v) is 6.25. The Hall–Kier alpha value is -1.95. The van der Waals surface area contributed by atoms with Crippen molar-refractivity contribution < 1.29 is 4.79 Å². The number of aryl methyl sites for hydroxylation is 1. The Kier molecular flexibility index (Phi) is 3.88. The Morgan fingerprint density at radius 1 is 1.56 bits per heavy atom. The number of benzene rings is 1. The highest BCUT2D eigenvalue weighted by Gasteiger charge is 2.26. The Labute approximate surface area is 108 Å². The van der Waals surface area contributed by atoms with Crippen LogP contribution in [0, 0.1) is 25.2 Å². The van der Waals surface area contributed by atoms with Crippen molar-refractivity contribution in [2.24, 2.45) is 5.92 Å². The van der Waals surface area contributed by atoms with E-state index in [4.69, 9.17) is 6.42 Å². The monoisotopic (exact) mass is 242 g/mol. The van der Waals surface area contributed by atoms with Gasteiger partial charge in [0, 0.05) is 12.2 Å². The maximum atomic E-state index is 12.1. The molecule has 3 nitrogen and oxygen atoms in total. The summed E-state index contributed by atoms with van der Waals surface area (Å²) in [5.74, 6) is 3.18. The molecule has 0 atom stereocenters. The zero-order valence-electron chi connectivity index (χ0n) is 10.6. The van der Waals surface area contributed by atoms with Crippen molar-refractivity contribution in [2.45, 2.75) is 19.8 Å². The average molecular weight is 242 g/mol. The van der Waals surface area contributed by atoms with E-state index >= 15 is 0 Å². The summed E-state index contributed by atoms with van der Waals surface area (Å²) in [5.41, 5.74) is 1.94. The van der Waals surface area contributed by atoms with E-state index in [2.05, 4.69) is 11.2 Å². The number of rotatable bonds is 4. The molecule has 0 radical (unpaired) electrons. The molecule has 2 rings (SSSR count). The smallest absolute Gasteiger partial charge is 0.313 e. The van der Waals surface area contributed by atoms with Crippen molar-refractivity contribution in [2.75, 3.05) is 18.4 Å². The molecule has 0 heterocycles. The lowest BCUT2D eigenvalue weighted by atomic mass is 10.2. The van der Waals surface area contributed by atoms with Crippen molar-refractivity contribution >= 4 is 11.7 Å². The number of hydrogen-bond donors (Lipinski definition) is 1. The van der Waals surface area contributed by atoms with E-state index in [1.165, 1.54) is 12.8 Å². The molecule has 0 saturated heterocycles. The second-order valence-electron chi connectivity index (χ2n) is 4.83. The van der Waals surface area contributed by atoms with Gasteiger partial charge in [0.05, 0.1) is 6.54 Å². The second-order valence-corrected chi connectivity index (χ2v) is 4.83. The van der Waals surface area contributed by atoms with Crippen LogP contribution in [0.5, 0.6) is 0 Å². The van der Waals surface area contributed by atoms with Gasteiger partial charge in [-0.25, -0.2) is 4.79 Å². The van der Waals surface area contributed by atoms with Crippen LogP contribution in [-0.4, -0.2) is 24.0 Å². The van der Waals surface area contributed by atoms with Crippen molar-refractivity contribution in [3.8, 4) is 12.3 Å². The van der Waals surface area contributed by atoms with E-state index in [1.54, 1.807) is 4.90 Å². The van der Waals surface area contributed by atoms with Crippen LogP contribution in [0.15, 0.2) is 24.3 Å². The van der Waals surface area contributed by atoms with Gasteiger partial charge in [0.25, 0.3) is 0 Å². The van der Waals surface area contributed by atoms with Gasteiger partial charge in [0.1, 0.15) is 0 Å². The minimum absolute atomic E-state index is 0.106. The molecule has 0 bridgehead atoms. The molecule has 0 spiro atoms. The molecule has 0 unspecified atom stereocenters. The van der Waals surface area contributed by atoms with Gasteiger partial charge in [-0.05, 0) is 43.4 Å². The lowest BCUT2D eigenvalue weighted by molar-refractivity contribution is 0.216. The summed E-state index contributed by atoms with van der Waals surface area (Å²) in [6, 6.07) is 7.65. The highest BCUT2D eigenvalue weighted by atomic mass is 16.2. The topological polar surface area (TPSA) is 32.3 Å². The van der Waals surface area contributed by atoms with E-state index in [-0.39, 0.29) is 6.03 Å². The quantitative estimate of drug-likeness (QED) is 0.809. The molecule has 1 saturated carbocycles. The molecule has 94 valence electrons. The van der Waals surface area contributed by atoms with Gasteiger partial charge in [-0.2, -0.15) is 0 Å². The third kappa shape index (κ3) is 3.53. The summed E-state index contributed by atoms with van der Waals surface area (Å²) in [7, 11) is 0. The predicted octanol–water partition coefficient (Wildman–Crippen LogP) is 2.87. The molecule has 1 fully saturated rings. The van der Waals surface area contributed by atoms with Crippen LogP contribution in [0.3, 0.4) is 0 Å². The third-order valence-electron chi connectivity index (χ3n) is 3.01. The third-order valence-corrected chi connectivity index (χ3v) is 3.01. The van der Waals surface area contributed by atoms with Crippen molar-refractivity contribution in [3.05, 3.63) is 29.8 Å². The molecule has 18 heavy (non-hydrogen) atoms. The van der Waals surface area contributed by atoms with E-state index in [1.807, 2.05) is 31.2 Å². The first-order chi connectivity index (χ1) is 8.69. The fourth-order valence-corrected chi connectivity index (χ4v) is 1.87. The normalized spacial score (nSPS) is 13.8. The number of terminal acetylenes is 1. The standard InChI is InChI=1S/C15H18N2O/c1-3-9-17(11-13-7-8-13)15(18)16-14-6-4-5-12(2)10-14/h1,4-6,10,13H,7-9,11H2,2H3,(H,16,18). The van der Waals surface area contributed by atoms with Crippen LogP contribution in [0.1, 0.15) is 18.4 Å². The number of carbonyl (C=O) groups is 1. The SMILES string of the molecule is C#CCN(CC1CC1)C(=O)Nc1cccc(C)c1. The summed E-state index contributed by atoms with van der Waals surface area (Å²) in [6.45, 7) is 3.13. The molecular formula is C15H18N2O.